The Morgan fingerprint density at radius 1 is 1.23 bits per heavy atom. The third-order valence-electron chi connectivity index (χ3n) is 5.48. The van der Waals surface area contributed by atoms with E-state index < -0.39 is 30.0 Å². The van der Waals surface area contributed by atoms with Crippen molar-refractivity contribution in [3.63, 3.8) is 0 Å². The number of aliphatic hydroxyl groups is 2. The molecular formula is C22H29NO7. The Hall–Kier alpha value is -2.55. The van der Waals surface area contributed by atoms with Crippen LogP contribution < -0.4 is 0 Å². The summed E-state index contributed by atoms with van der Waals surface area (Å²) in [5, 5.41) is 19.6. The van der Waals surface area contributed by atoms with Crippen LogP contribution in [0, 0.1) is 5.92 Å². The molecule has 1 saturated heterocycles. The monoisotopic (exact) mass is 419 g/mol. The van der Waals surface area contributed by atoms with Crippen LogP contribution in [-0.2, 0) is 19.1 Å². The highest BCUT2D eigenvalue weighted by Gasteiger charge is 2.49. The number of nitrogens with zero attached hydrogens (tertiary/aromatic N) is 1. The van der Waals surface area contributed by atoms with E-state index in [9.17, 15) is 24.6 Å². The summed E-state index contributed by atoms with van der Waals surface area (Å²) >= 11 is 0. The topological polar surface area (TPSA) is 113 Å². The summed E-state index contributed by atoms with van der Waals surface area (Å²) in [7, 11) is 0. The summed E-state index contributed by atoms with van der Waals surface area (Å²) < 4.78 is 11.5. The minimum Gasteiger partial charge on any atom is -0.459 e. The van der Waals surface area contributed by atoms with Gasteiger partial charge in [0.2, 0.25) is 5.91 Å². The minimum atomic E-state index is -1.71. The van der Waals surface area contributed by atoms with Crippen molar-refractivity contribution in [2.24, 2.45) is 5.92 Å². The van der Waals surface area contributed by atoms with Gasteiger partial charge in [0.1, 0.15) is 18.4 Å². The molecule has 30 heavy (non-hydrogen) atoms. The first-order chi connectivity index (χ1) is 14.1. The number of hydrogen-bond acceptors (Lipinski definition) is 7. The van der Waals surface area contributed by atoms with Gasteiger partial charge in [-0.25, -0.2) is 4.79 Å². The van der Waals surface area contributed by atoms with E-state index in [1.807, 2.05) is 0 Å². The number of carbonyl (C=O) groups excluding carboxylic acids is 3. The van der Waals surface area contributed by atoms with E-state index in [2.05, 4.69) is 0 Å². The molecule has 0 aliphatic carbocycles. The fourth-order valence-electron chi connectivity index (χ4n) is 3.32. The average Bonchev–Trinajstić information content (AvgIpc) is 3.14. The molecule has 0 spiro atoms. The van der Waals surface area contributed by atoms with Gasteiger partial charge >= 0.3 is 5.97 Å². The third-order valence-corrected chi connectivity index (χ3v) is 5.48. The van der Waals surface area contributed by atoms with Crippen LogP contribution in [0.15, 0.2) is 42.1 Å². The molecule has 2 N–H and O–H groups in total. The van der Waals surface area contributed by atoms with E-state index in [-0.39, 0.29) is 18.3 Å². The van der Waals surface area contributed by atoms with Gasteiger partial charge in [-0.3, -0.25) is 14.5 Å². The van der Waals surface area contributed by atoms with Crippen LogP contribution in [-0.4, -0.2) is 57.5 Å². The van der Waals surface area contributed by atoms with Gasteiger partial charge in [0.15, 0.2) is 12.1 Å². The number of hydrogen-bond donors (Lipinski definition) is 2. The zero-order chi connectivity index (χ0) is 22.5. The second-order valence-electron chi connectivity index (χ2n) is 7.61. The quantitative estimate of drug-likeness (QED) is 0.376. The molecule has 3 atom stereocenters. The SMILES string of the molecule is CC(=O)/C(C)=C\N(C(C)=O)[C@H]1CC[C@](COC(=O)c2ccccc2)([C@@H](C)C(O)O)O1. The smallest absolute Gasteiger partial charge is 0.338 e. The van der Waals surface area contributed by atoms with E-state index in [0.29, 0.717) is 24.0 Å². The number of carbonyl (C=O) groups is 3. The van der Waals surface area contributed by atoms with Crippen molar-refractivity contribution < 1.29 is 34.1 Å². The highest BCUT2D eigenvalue weighted by Crippen LogP contribution is 2.40. The van der Waals surface area contributed by atoms with Crippen molar-refractivity contribution in [3.05, 3.63) is 47.7 Å². The molecule has 1 fully saturated rings. The maximum atomic E-state index is 12.4. The molecule has 1 aliphatic heterocycles. The zero-order valence-corrected chi connectivity index (χ0v) is 17.7. The highest BCUT2D eigenvalue weighted by atomic mass is 16.6. The van der Waals surface area contributed by atoms with Crippen molar-refractivity contribution >= 4 is 17.7 Å². The molecule has 0 aromatic heterocycles. The van der Waals surface area contributed by atoms with Crippen LogP contribution in [0.5, 0.6) is 0 Å². The van der Waals surface area contributed by atoms with Gasteiger partial charge < -0.3 is 19.7 Å². The van der Waals surface area contributed by atoms with Crippen molar-refractivity contribution in [2.75, 3.05) is 6.61 Å². The van der Waals surface area contributed by atoms with Crippen molar-refractivity contribution in [3.8, 4) is 0 Å². The molecular weight excluding hydrogens is 390 g/mol. The first-order valence-corrected chi connectivity index (χ1v) is 9.82. The minimum absolute atomic E-state index is 0.179. The maximum absolute atomic E-state index is 12.4. The Bertz CT molecular complexity index is 805. The Labute approximate surface area is 176 Å². The van der Waals surface area contributed by atoms with Crippen molar-refractivity contribution in [2.45, 2.75) is 58.7 Å². The Kier molecular flexibility index (Phi) is 7.89. The molecule has 1 amide bonds. The van der Waals surface area contributed by atoms with Crippen LogP contribution in [0.2, 0.25) is 0 Å². The number of ether oxygens (including phenoxy) is 2. The lowest BCUT2D eigenvalue weighted by Crippen LogP contribution is -2.48. The van der Waals surface area contributed by atoms with Crippen molar-refractivity contribution in [1.82, 2.24) is 4.90 Å². The number of aliphatic hydroxyl groups excluding tert-OH is 1. The number of benzene rings is 1. The van der Waals surface area contributed by atoms with Gasteiger partial charge in [-0.05, 0) is 38.8 Å². The predicted molar refractivity (Wildman–Crippen MR) is 108 cm³/mol. The number of amides is 1. The van der Waals surface area contributed by atoms with Crippen LogP contribution in [0.4, 0.5) is 0 Å². The molecule has 2 rings (SSSR count). The molecule has 0 radical (unpaired) electrons. The van der Waals surface area contributed by atoms with Crippen LogP contribution in [0.1, 0.15) is 50.9 Å². The third kappa shape index (κ3) is 5.53. The van der Waals surface area contributed by atoms with Crippen LogP contribution in [0.25, 0.3) is 0 Å². The maximum Gasteiger partial charge on any atom is 0.338 e. The van der Waals surface area contributed by atoms with Gasteiger partial charge in [-0.2, -0.15) is 0 Å². The molecule has 0 bridgehead atoms. The van der Waals surface area contributed by atoms with Gasteiger partial charge in [0, 0.05) is 24.6 Å². The van der Waals surface area contributed by atoms with Gasteiger partial charge in [0.05, 0.1) is 5.56 Å². The summed E-state index contributed by atoms with van der Waals surface area (Å²) in [5.74, 6) is -1.86. The molecule has 8 heteroatoms. The Morgan fingerprint density at radius 3 is 2.40 bits per heavy atom. The average molecular weight is 419 g/mol. The summed E-state index contributed by atoms with van der Waals surface area (Å²) in [6, 6.07) is 8.43. The van der Waals surface area contributed by atoms with Crippen LogP contribution >= 0.6 is 0 Å². The fourth-order valence-corrected chi connectivity index (χ4v) is 3.32. The standard InChI is InChI=1S/C22H29NO7/c1-14(16(3)24)12-23(17(4)25)19-10-11-22(30-19,15(2)20(26)27)13-29-21(28)18-8-6-5-7-9-18/h5-9,12,15,19-20,26-27H,10-11,13H2,1-4H3/b14-12-/t15-,19+,22-/m0/s1. The predicted octanol–water partition coefficient (Wildman–Crippen LogP) is 2.01. The number of esters is 1. The number of Topliss-reactive ketones (excluding diaryl/α,β-unsaturated/α-hetero) is 1. The zero-order valence-electron chi connectivity index (χ0n) is 17.7. The summed E-state index contributed by atoms with van der Waals surface area (Å²) in [6.45, 7) is 5.72. The molecule has 1 heterocycles. The Morgan fingerprint density at radius 2 is 1.87 bits per heavy atom. The van der Waals surface area contributed by atoms with Gasteiger partial charge in [0.25, 0.3) is 0 Å². The lowest BCUT2D eigenvalue weighted by Gasteiger charge is -2.37. The van der Waals surface area contributed by atoms with Gasteiger partial charge in [-0.1, -0.05) is 25.1 Å². The van der Waals surface area contributed by atoms with E-state index in [0.717, 1.165) is 0 Å². The lowest BCUT2D eigenvalue weighted by atomic mass is 9.86. The van der Waals surface area contributed by atoms with Crippen molar-refractivity contribution in [1.29, 1.82) is 0 Å². The van der Waals surface area contributed by atoms with E-state index >= 15 is 0 Å². The molecule has 1 aromatic rings. The molecule has 1 aliphatic rings. The van der Waals surface area contributed by atoms with E-state index in [1.54, 1.807) is 44.2 Å². The fraction of sp³-hybridized carbons (Fsp3) is 0.500. The first kappa shape index (κ1) is 23.7. The number of rotatable bonds is 8. The molecule has 164 valence electrons. The van der Waals surface area contributed by atoms with Gasteiger partial charge in [-0.15, -0.1) is 0 Å². The van der Waals surface area contributed by atoms with E-state index in [1.165, 1.54) is 24.9 Å². The number of ketones is 1. The van der Waals surface area contributed by atoms with E-state index in [4.69, 9.17) is 9.47 Å². The highest BCUT2D eigenvalue weighted by molar-refractivity contribution is 5.93. The molecule has 8 nitrogen and oxygen atoms in total. The number of allylic oxidation sites excluding steroid dienone is 1. The normalized spacial score (nSPS) is 22.6. The molecule has 0 unspecified atom stereocenters. The Balaban J connectivity index is 2.23. The second-order valence-corrected chi connectivity index (χ2v) is 7.61. The van der Waals surface area contributed by atoms with Crippen LogP contribution in [0.3, 0.4) is 0 Å². The second kappa shape index (κ2) is 9.97. The molecule has 1 aromatic carbocycles. The summed E-state index contributed by atoms with van der Waals surface area (Å²) in [4.78, 5) is 37.4. The molecule has 0 saturated carbocycles. The first-order valence-electron chi connectivity index (χ1n) is 9.82. The largest absolute Gasteiger partial charge is 0.459 e. The summed E-state index contributed by atoms with van der Waals surface area (Å²) in [5.41, 5.74) is -0.448. The summed E-state index contributed by atoms with van der Waals surface area (Å²) in [6.07, 6.45) is -0.300. The lowest BCUT2D eigenvalue weighted by molar-refractivity contribution is -0.196.